The number of nitrogens with one attached hydrogen (secondary N) is 1. The normalized spacial score (nSPS) is 14.9. The van der Waals surface area contributed by atoms with Gasteiger partial charge >= 0.3 is 0 Å². The van der Waals surface area contributed by atoms with Crippen LogP contribution in [0.3, 0.4) is 0 Å². The topological polar surface area (TPSA) is 12.0 Å². The third-order valence-electron chi connectivity index (χ3n) is 11.4. The van der Waals surface area contributed by atoms with Crippen molar-refractivity contribution in [1.29, 1.82) is 0 Å². The van der Waals surface area contributed by atoms with E-state index in [1.165, 1.54) is 77.2 Å². The van der Waals surface area contributed by atoms with Gasteiger partial charge in [-0.2, -0.15) is 0 Å². The highest BCUT2D eigenvalue weighted by Crippen LogP contribution is 2.52. The summed E-state index contributed by atoms with van der Waals surface area (Å²) >= 11 is 0. The van der Waals surface area contributed by atoms with Gasteiger partial charge in [0, 0.05) is 12.5 Å². The van der Waals surface area contributed by atoms with Crippen LogP contribution in [0.5, 0.6) is 0 Å². The van der Waals surface area contributed by atoms with Gasteiger partial charge in [-0.05, 0) is 148 Å². The van der Waals surface area contributed by atoms with Crippen LogP contribution < -0.4 is 5.32 Å². The van der Waals surface area contributed by atoms with Crippen molar-refractivity contribution in [3.8, 4) is 77.9 Å². The van der Waals surface area contributed by atoms with E-state index in [4.69, 9.17) is 0 Å². The van der Waals surface area contributed by atoms with E-state index < -0.39 is 0 Å². The minimum atomic E-state index is -0.199. The molecule has 8 aromatic rings. The number of rotatable bonds is 4. The van der Waals surface area contributed by atoms with E-state index in [0.717, 1.165) is 40.8 Å². The van der Waals surface area contributed by atoms with E-state index in [-0.39, 0.29) is 11.7 Å². The first-order valence-corrected chi connectivity index (χ1v) is 17.9. The Labute approximate surface area is 296 Å². The van der Waals surface area contributed by atoms with Gasteiger partial charge in [-0.3, -0.25) is 0 Å². The Morgan fingerprint density at radius 2 is 0.902 bits per heavy atom. The van der Waals surface area contributed by atoms with E-state index in [2.05, 4.69) is 145 Å². The molecule has 8 aromatic carbocycles. The zero-order chi connectivity index (χ0) is 33.6. The van der Waals surface area contributed by atoms with Crippen LogP contribution in [0, 0.1) is 5.82 Å². The fourth-order valence-corrected chi connectivity index (χ4v) is 9.10. The Balaban J connectivity index is 1.16. The van der Waals surface area contributed by atoms with E-state index in [9.17, 15) is 0 Å². The molecule has 1 N–H and O–H groups in total. The van der Waals surface area contributed by atoms with Crippen molar-refractivity contribution in [1.82, 2.24) is 5.32 Å². The second kappa shape index (κ2) is 10.9. The van der Waals surface area contributed by atoms with Crippen LogP contribution in [0.4, 0.5) is 4.39 Å². The minimum absolute atomic E-state index is 0.199. The third kappa shape index (κ3) is 4.26. The van der Waals surface area contributed by atoms with Gasteiger partial charge in [0.2, 0.25) is 0 Å². The second-order valence-corrected chi connectivity index (χ2v) is 14.2. The summed E-state index contributed by atoms with van der Waals surface area (Å²) in [6, 6.07) is 52.5. The standard InChI is InChI=1S/C49H32FN/c50-35-26-31(29-8-7-21-51-28-29)22-32(27-35)30-23-33(36-17-19-46-40-11-3-1-9-38(40)44-15-5-13-42(36)48(44)46)25-34(24-30)37-18-20-47-41-12-4-2-10-39(41)45-16-6-14-43(37)49(45)47/h1-7,9-27,29,51H,8,28H2. The maximum absolute atomic E-state index is 15.5. The summed E-state index contributed by atoms with van der Waals surface area (Å²) in [7, 11) is 0. The van der Waals surface area contributed by atoms with E-state index in [1.807, 2.05) is 6.20 Å². The highest BCUT2D eigenvalue weighted by molar-refractivity contribution is 6.20. The molecule has 0 spiro atoms. The van der Waals surface area contributed by atoms with E-state index >= 15 is 4.39 Å². The summed E-state index contributed by atoms with van der Waals surface area (Å²) in [6.07, 6.45) is 5.03. The Kier molecular flexibility index (Phi) is 6.09. The average molecular weight is 654 g/mol. The van der Waals surface area contributed by atoms with E-state index in [1.54, 1.807) is 12.1 Å². The third-order valence-corrected chi connectivity index (χ3v) is 11.4. The summed E-state index contributed by atoms with van der Waals surface area (Å²) in [5, 5.41) is 8.42. The molecule has 0 amide bonds. The quantitative estimate of drug-likeness (QED) is 0.199. The van der Waals surface area contributed by atoms with Gasteiger partial charge in [0.15, 0.2) is 0 Å². The summed E-state index contributed by atoms with van der Waals surface area (Å²) in [4.78, 5) is 0. The summed E-state index contributed by atoms with van der Waals surface area (Å²) < 4.78 is 15.5. The fourth-order valence-electron chi connectivity index (χ4n) is 9.10. The lowest BCUT2D eigenvalue weighted by Crippen LogP contribution is -2.20. The average Bonchev–Trinajstić information content (AvgIpc) is 3.70. The molecule has 1 unspecified atom stereocenters. The van der Waals surface area contributed by atoms with Gasteiger partial charge < -0.3 is 5.32 Å². The molecular weight excluding hydrogens is 622 g/mol. The zero-order valence-corrected chi connectivity index (χ0v) is 27.9. The molecule has 2 heteroatoms. The highest BCUT2D eigenvalue weighted by Gasteiger charge is 2.25. The molecule has 1 aliphatic heterocycles. The summed E-state index contributed by atoms with van der Waals surface area (Å²) in [6.45, 7) is 0.802. The lowest BCUT2D eigenvalue weighted by molar-refractivity contribution is 0.601. The predicted octanol–water partition coefficient (Wildman–Crippen LogP) is 13.0. The molecule has 1 nitrogen and oxygen atoms in total. The molecule has 0 fully saturated rings. The lowest BCUT2D eigenvalue weighted by Gasteiger charge is -2.21. The largest absolute Gasteiger partial charge is 0.391 e. The van der Waals surface area contributed by atoms with Crippen LogP contribution in [0.15, 0.2) is 158 Å². The van der Waals surface area contributed by atoms with Crippen molar-refractivity contribution in [2.75, 3.05) is 6.54 Å². The Morgan fingerprint density at radius 1 is 0.431 bits per heavy atom. The maximum atomic E-state index is 15.5. The molecule has 1 atom stereocenters. The molecule has 0 aromatic heterocycles. The van der Waals surface area contributed by atoms with Crippen molar-refractivity contribution in [2.24, 2.45) is 0 Å². The smallest absolute Gasteiger partial charge is 0.124 e. The predicted molar refractivity (Wildman–Crippen MR) is 211 cm³/mol. The molecule has 0 saturated carbocycles. The molecule has 240 valence electrons. The van der Waals surface area contributed by atoms with Crippen molar-refractivity contribution in [3.63, 3.8) is 0 Å². The van der Waals surface area contributed by atoms with Crippen LogP contribution in [-0.2, 0) is 0 Å². The zero-order valence-electron chi connectivity index (χ0n) is 27.9. The SMILES string of the molecule is Fc1cc(-c2cc(-c3ccc4c5c(cccc35)-c3ccccc3-4)cc(-c3ccc4c5c(cccc35)-c3ccccc3-4)c2)cc(C2CC=CNC2)c1. The molecule has 51 heavy (non-hydrogen) atoms. The Bertz CT molecular complexity index is 2590. The first kappa shape index (κ1) is 28.6. The molecular formula is C49H32FN. The molecule has 3 aliphatic rings. The molecule has 11 rings (SSSR count). The second-order valence-electron chi connectivity index (χ2n) is 14.2. The highest BCUT2D eigenvalue weighted by atomic mass is 19.1. The summed E-state index contributed by atoms with van der Waals surface area (Å²) in [5.41, 5.74) is 17.9. The summed E-state index contributed by atoms with van der Waals surface area (Å²) in [5.74, 6) is 0.0265. The van der Waals surface area contributed by atoms with Gasteiger partial charge in [-0.15, -0.1) is 0 Å². The van der Waals surface area contributed by atoms with Gasteiger partial charge in [0.1, 0.15) is 5.82 Å². The number of halogens is 1. The van der Waals surface area contributed by atoms with Crippen LogP contribution in [0.2, 0.25) is 0 Å². The van der Waals surface area contributed by atoms with Crippen molar-refractivity contribution in [2.45, 2.75) is 12.3 Å². The number of hydrogen-bond donors (Lipinski definition) is 1. The van der Waals surface area contributed by atoms with Crippen molar-refractivity contribution >= 4 is 21.5 Å². The van der Waals surface area contributed by atoms with Crippen LogP contribution >= 0.6 is 0 Å². The molecule has 2 aliphatic carbocycles. The van der Waals surface area contributed by atoms with Gasteiger partial charge in [-0.1, -0.05) is 121 Å². The van der Waals surface area contributed by atoms with Gasteiger partial charge in [0.25, 0.3) is 0 Å². The molecule has 0 bridgehead atoms. The first-order valence-electron chi connectivity index (χ1n) is 17.9. The molecule has 0 radical (unpaired) electrons. The van der Waals surface area contributed by atoms with Crippen LogP contribution in [0.25, 0.3) is 99.4 Å². The Hall–Kier alpha value is -6.25. The van der Waals surface area contributed by atoms with Crippen molar-refractivity contribution in [3.05, 3.63) is 169 Å². The van der Waals surface area contributed by atoms with Crippen LogP contribution in [-0.4, -0.2) is 6.54 Å². The first-order chi connectivity index (χ1) is 25.2. The minimum Gasteiger partial charge on any atom is -0.391 e. The number of benzene rings is 8. The van der Waals surface area contributed by atoms with E-state index in [0.29, 0.717) is 0 Å². The number of hydrogen-bond acceptors (Lipinski definition) is 1. The Morgan fingerprint density at radius 3 is 1.43 bits per heavy atom. The number of allylic oxidation sites excluding steroid dienone is 1. The molecule has 1 heterocycles. The van der Waals surface area contributed by atoms with Gasteiger partial charge in [0.05, 0.1) is 0 Å². The van der Waals surface area contributed by atoms with Gasteiger partial charge in [-0.25, -0.2) is 4.39 Å². The van der Waals surface area contributed by atoms with Crippen LogP contribution in [0.1, 0.15) is 17.9 Å². The maximum Gasteiger partial charge on any atom is 0.124 e. The fraction of sp³-hybridized carbons (Fsp3) is 0.0612. The number of fused-ring (bicyclic) bond motifs is 6. The van der Waals surface area contributed by atoms with Crippen molar-refractivity contribution < 1.29 is 4.39 Å². The monoisotopic (exact) mass is 653 g/mol. The molecule has 0 saturated heterocycles. The lowest BCUT2D eigenvalue weighted by atomic mass is 9.87.